The molecule has 11 nitrogen and oxygen atoms in total. The number of hydrogen-bond acceptors (Lipinski definition) is 8. The van der Waals surface area contributed by atoms with Crippen LogP contribution in [0, 0.1) is 0 Å². The van der Waals surface area contributed by atoms with E-state index >= 15 is 0 Å². The predicted octanol–water partition coefficient (Wildman–Crippen LogP) is 1.10. The molecule has 1 aliphatic heterocycles. The highest BCUT2D eigenvalue weighted by atomic mass is 16.5. The molecule has 204 valence electrons. The van der Waals surface area contributed by atoms with Crippen LogP contribution in [0.25, 0.3) is 22.8 Å². The Hall–Kier alpha value is -5.03. The average Bonchev–Trinajstić information content (AvgIpc) is 3.65. The number of pyridine rings is 1. The molecule has 4 heterocycles. The van der Waals surface area contributed by atoms with E-state index < -0.39 is 11.7 Å². The molecule has 0 fully saturated rings. The van der Waals surface area contributed by atoms with Crippen LogP contribution < -0.4 is 16.3 Å². The number of amides is 1. The van der Waals surface area contributed by atoms with Crippen molar-refractivity contribution in [2.45, 2.75) is 19.6 Å². The van der Waals surface area contributed by atoms with Gasteiger partial charge in [0.2, 0.25) is 0 Å². The van der Waals surface area contributed by atoms with Gasteiger partial charge in [0.15, 0.2) is 11.6 Å². The SMILES string of the molecule is C=C/C(OC)=c1/c(C(=O)C(=O)N2CCc3c(cccc3-c3ccccn3)C2)c[nH]/c1=C(/N)n1cnc(COC)n1. The zero-order valence-electron chi connectivity index (χ0n) is 22.3. The van der Waals surface area contributed by atoms with Crippen molar-refractivity contribution in [3.8, 4) is 11.3 Å². The molecular formula is C29H29N7O4. The second-order valence-electron chi connectivity index (χ2n) is 9.11. The first-order valence-corrected chi connectivity index (χ1v) is 12.6. The van der Waals surface area contributed by atoms with Crippen molar-refractivity contribution in [3.05, 3.63) is 101 Å². The normalized spacial score (nSPS) is 14.3. The molecule has 0 atom stereocenters. The molecule has 0 saturated carbocycles. The molecule has 0 saturated heterocycles. The fraction of sp³-hybridized carbons (Fsp3) is 0.207. The summed E-state index contributed by atoms with van der Waals surface area (Å²) in [6.07, 6.45) is 6.70. The molecule has 0 unspecified atom stereocenters. The molecule has 0 spiro atoms. The van der Waals surface area contributed by atoms with Crippen LogP contribution >= 0.6 is 0 Å². The molecule has 1 aromatic carbocycles. The Morgan fingerprint density at radius 2 is 2.02 bits per heavy atom. The maximum atomic E-state index is 13.6. The summed E-state index contributed by atoms with van der Waals surface area (Å²) < 4.78 is 11.9. The summed E-state index contributed by atoms with van der Waals surface area (Å²) in [5.74, 6) is -0.453. The van der Waals surface area contributed by atoms with E-state index in [4.69, 9.17) is 15.2 Å². The first-order chi connectivity index (χ1) is 19.5. The highest BCUT2D eigenvalue weighted by molar-refractivity contribution is 6.42. The van der Waals surface area contributed by atoms with Gasteiger partial charge in [0.05, 0.1) is 28.9 Å². The van der Waals surface area contributed by atoms with E-state index in [1.165, 1.54) is 37.5 Å². The summed E-state index contributed by atoms with van der Waals surface area (Å²) in [6.45, 7) is 4.71. The zero-order chi connectivity index (χ0) is 28.2. The molecule has 0 bridgehead atoms. The number of fused-ring (bicyclic) bond motifs is 1. The van der Waals surface area contributed by atoms with Gasteiger partial charge >= 0.3 is 0 Å². The van der Waals surface area contributed by atoms with Gasteiger partial charge in [-0.2, -0.15) is 0 Å². The number of aromatic amines is 1. The molecule has 1 amide bonds. The molecule has 0 aliphatic carbocycles. The van der Waals surface area contributed by atoms with Crippen molar-refractivity contribution in [3.63, 3.8) is 0 Å². The summed E-state index contributed by atoms with van der Waals surface area (Å²) in [5, 5.41) is 4.95. The quantitative estimate of drug-likeness (QED) is 0.251. The van der Waals surface area contributed by atoms with Crippen molar-refractivity contribution in [2.75, 3.05) is 20.8 Å². The third-order valence-corrected chi connectivity index (χ3v) is 6.78. The highest BCUT2D eigenvalue weighted by Gasteiger charge is 2.30. The van der Waals surface area contributed by atoms with Crippen LogP contribution in [0.5, 0.6) is 0 Å². The van der Waals surface area contributed by atoms with Gasteiger partial charge in [-0.15, -0.1) is 5.10 Å². The summed E-state index contributed by atoms with van der Waals surface area (Å²) in [5.41, 5.74) is 10.6. The van der Waals surface area contributed by atoms with E-state index in [2.05, 4.69) is 26.6 Å². The number of methoxy groups -OCH3 is 2. The summed E-state index contributed by atoms with van der Waals surface area (Å²) in [6, 6.07) is 11.7. The van der Waals surface area contributed by atoms with Gasteiger partial charge in [-0.25, -0.2) is 9.67 Å². The number of benzene rings is 1. The van der Waals surface area contributed by atoms with E-state index in [0.717, 1.165) is 22.4 Å². The molecule has 5 rings (SSSR count). The van der Waals surface area contributed by atoms with Gasteiger partial charge in [-0.3, -0.25) is 14.6 Å². The van der Waals surface area contributed by atoms with Crippen molar-refractivity contribution in [2.24, 2.45) is 5.73 Å². The molecule has 11 heteroatoms. The van der Waals surface area contributed by atoms with Gasteiger partial charge in [-0.05, 0) is 35.8 Å². The molecule has 40 heavy (non-hydrogen) atoms. The topological polar surface area (TPSA) is 141 Å². The lowest BCUT2D eigenvalue weighted by molar-refractivity contribution is -0.127. The van der Waals surface area contributed by atoms with Crippen LogP contribution in [-0.4, -0.2) is 62.1 Å². The molecule has 3 N–H and O–H groups in total. The van der Waals surface area contributed by atoms with Crippen LogP contribution in [0.2, 0.25) is 0 Å². The molecule has 3 aromatic heterocycles. The maximum Gasteiger partial charge on any atom is 0.295 e. The van der Waals surface area contributed by atoms with Crippen LogP contribution in [0.4, 0.5) is 0 Å². The number of hydrogen-bond donors (Lipinski definition) is 2. The molecular weight excluding hydrogens is 510 g/mol. The third kappa shape index (κ3) is 4.90. The Labute approximate surface area is 230 Å². The summed E-state index contributed by atoms with van der Waals surface area (Å²) in [4.78, 5) is 40.4. The lowest BCUT2D eigenvalue weighted by Gasteiger charge is -2.29. The van der Waals surface area contributed by atoms with Crippen molar-refractivity contribution in [1.29, 1.82) is 0 Å². The van der Waals surface area contributed by atoms with Crippen LogP contribution in [-0.2, 0) is 33.8 Å². The fourth-order valence-electron chi connectivity index (χ4n) is 4.87. The van der Waals surface area contributed by atoms with Gasteiger partial charge in [0.25, 0.3) is 11.7 Å². The smallest absolute Gasteiger partial charge is 0.295 e. The number of ether oxygens (including phenoxy) is 2. The second kappa shape index (κ2) is 11.4. The number of nitrogens with zero attached hydrogens (tertiary/aromatic N) is 5. The van der Waals surface area contributed by atoms with E-state index in [9.17, 15) is 9.59 Å². The van der Waals surface area contributed by atoms with Gasteiger partial charge in [0.1, 0.15) is 18.7 Å². The zero-order valence-corrected chi connectivity index (χ0v) is 22.3. The third-order valence-electron chi connectivity index (χ3n) is 6.78. The van der Waals surface area contributed by atoms with E-state index in [-0.39, 0.29) is 23.8 Å². The molecule has 1 aliphatic rings. The van der Waals surface area contributed by atoms with Gasteiger partial charge < -0.3 is 25.1 Å². The van der Waals surface area contributed by atoms with Crippen LogP contribution in [0.1, 0.15) is 27.3 Å². The number of aromatic nitrogens is 5. The number of nitrogens with one attached hydrogen (secondary N) is 1. The number of carbonyl (C=O) groups excluding carboxylic acids is 2. The Bertz CT molecular complexity index is 1710. The number of Topliss-reactive ketones (excluding diaryl/α,β-unsaturated/α-hetero) is 1. The maximum absolute atomic E-state index is 13.6. The summed E-state index contributed by atoms with van der Waals surface area (Å²) in [7, 11) is 2.99. The Kier molecular flexibility index (Phi) is 7.56. The Balaban J connectivity index is 1.50. The first kappa shape index (κ1) is 26.6. The van der Waals surface area contributed by atoms with E-state index in [0.29, 0.717) is 35.9 Å². The number of H-pyrrole nitrogens is 1. The van der Waals surface area contributed by atoms with E-state index in [1.54, 1.807) is 11.1 Å². The van der Waals surface area contributed by atoms with Crippen molar-refractivity contribution < 1.29 is 19.1 Å². The van der Waals surface area contributed by atoms with Crippen molar-refractivity contribution in [1.82, 2.24) is 29.6 Å². The van der Waals surface area contributed by atoms with Crippen LogP contribution in [0.3, 0.4) is 0 Å². The second-order valence-corrected chi connectivity index (χ2v) is 9.11. The minimum atomic E-state index is -0.690. The average molecular weight is 540 g/mol. The Morgan fingerprint density at radius 1 is 1.18 bits per heavy atom. The van der Waals surface area contributed by atoms with Crippen LogP contribution in [0.15, 0.2) is 67.8 Å². The molecule has 0 radical (unpaired) electrons. The predicted molar refractivity (Wildman–Crippen MR) is 148 cm³/mol. The number of carbonyl (C=O) groups is 2. The van der Waals surface area contributed by atoms with Gasteiger partial charge in [-0.1, -0.05) is 30.8 Å². The summed E-state index contributed by atoms with van der Waals surface area (Å²) >= 11 is 0. The lowest BCUT2D eigenvalue weighted by Crippen LogP contribution is -2.43. The first-order valence-electron chi connectivity index (χ1n) is 12.6. The van der Waals surface area contributed by atoms with Crippen molar-refractivity contribution >= 4 is 23.3 Å². The monoisotopic (exact) mass is 539 g/mol. The number of rotatable bonds is 8. The minimum Gasteiger partial charge on any atom is -0.496 e. The fourth-order valence-corrected chi connectivity index (χ4v) is 4.87. The Morgan fingerprint density at radius 3 is 2.75 bits per heavy atom. The highest BCUT2D eigenvalue weighted by Crippen LogP contribution is 2.29. The lowest BCUT2D eigenvalue weighted by atomic mass is 9.92. The van der Waals surface area contributed by atoms with E-state index in [1.807, 2.05) is 36.4 Å². The largest absolute Gasteiger partial charge is 0.496 e. The number of ketones is 1. The minimum absolute atomic E-state index is 0.116. The number of nitrogens with two attached hydrogens (primary N) is 1. The van der Waals surface area contributed by atoms with Gasteiger partial charge in [0, 0.05) is 38.2 Å². The standard InChI is InChI=1S/C29H29N7O4/c1-4-23(40-3)25-21(14-32-26(25)28(30)36-17-33-24(34-36)16-39-2)27(37)29(38)35-13-11-19-18(15-35)8-7-9-20(19)22-10-5-6-12-31-22/h4-10,12,14,17,32H,1,11,13,15-16,30H2,2-3H3/b25-23+,28-26-. The molecule has 4 aromatic rings.